The molecule has 0 spiro atoms. The van der Waals surface area contributed by atoms with Crippen molar-refractivity contribution in [3.05, 3.63) is 29.3 Å². The molecule has 0 aliphatic heterocycles. The molecule has 162 valence electrons. The van der Waals surface area contributed by atoms with Crippen LogP contribution in [-0.4, -0.2) is 41.3 Å². The number of anilines is 1. The number of hydrazone groups is 1. The summed E-state index contributed by atoms with van der Waals surface area (Å²) in [5, 5.41) is 7.41. The number of nitrogens with one attached hydrogen (secondary N) is 2. The second-order valence-electron chi connectivity index (χ2n) is 8.60. The first-order chi connectivity index (χ1) is 13.5. The molecule has 0 aliphatic rings. The monoisotopic (exact) mass is 419 g/mol. The molecule has 0 fully saturated rings. The zero-order valence-corrected chi connectivity index (χ0v) is 19.7. The van der Waals surface area contributed by atoms with Crippen molar-refractivity contribution in [1.82, 2.24) is 10.3 Å². The third-order valence-electron chi connectivity index (χ3n) is 4.49. The van der Waals surface area contributed by atoms with E-state index in [0.29, 0.717) is 24.1 Å². The SMILES string of the molecule is C/C(=N\NC(N)=S)[C@H](CN(CC(C)C)CC(C)C)C(=O)Nc1ccc(C)cc1C. The summed E-state index contributed by atoms with van der Waals surface area (Å²) in [7, 11) is 0. The fraction of sp³-hybridized carbons (Fsp3) is 0.591. The standard InChI is InChI=1S/C22H37N5OS/c1-14(2)11-27(12-15(3)4)13-19(18(7)25-26-22(23)29)21(28)24-20-9-8-16(5)10-17(20)6/h8-10,14-15,19H,11-13H2,1-7H3,(H,24,28)(H3,23,26,29)/b25-18+/t19-/m0/s1. The van der Waals surface area contributed by atoms with Crippen molar-refractivity contribution in [1.29, 1.82) is 0 Å². The highest BCUT2D eigenvalue weighted by molar-refractivity contribution is 7.80. The zero-order valence-electron chi connectivity index (χ0n) is 18.9. The number of amides is 1. The first kappa shape index (κ1) is 25.0. The summed E-state index contributed by atoms with van der Waals surface area (Å²) >= 11 is 4.85. The van der Waals surface area contributed by atoms with E-state index in [-0.39, 0.29) is 11.0 Å². The number of hydrogen-bond donors (Lipinski definition) is 3. The second-order valence-corrected chi connectivity index (χ2v) is 9.04. The van der Waals surface area contributed by atoms with Crippen LogP contribution in [0.15, 0.2) is 23.3 Å². The molecule has 0 aromatic heterocycles. The van der Waals surface area contributed by atoms with Gasteiger partial charge in [-0.05, 0) is 56.5 Å². The molecule has 0 unspecified atom stereocenters. The molecule has 0 radical (unpaired) electrons. The van der Waals surface area contributed by atoms with Gasteiger partial charge in [0.05, 0.1) is 5.92 Å². The summed E-state index contributed by atoms with van der Waals surface area (Å²) in [5.74, 6) is 0.503. The maximum Gasteiger partial charge on any atom is 0.234 e. The molecule has 1 amide bonds. The van der Waals surface area contributed by atoms with E-state index in [1.165, 1.54) is 0 Å². The van der Waals surface area contributed by atoms with Crippen LogP contribution in [0.3, 0.4) is 0 Å². The molecular formula is C22H37N5OS. The van der Waals surface area contributed by atoms with E-state index < -0.39 is 5.92 Å². The highest BCUT2D eigenvalue weighted by Crippen LogP contribution is 2.18. The van der Waals surface area contributed by atoms with Gasteiger partial charge < -0.3 is 16.0 Å². The van der Waals surface area contributed by atoms with Crippen LogP contribution in [0.25, 0.3) is 0 Å². The number of nitrogens with two attached hydrogens (primary N) is 1. The van der Waals surface area contributed by atoms with Gasteiger partial charge in [0.2, 0.25) is 5.91 Å². The number of rotatable bonds is 10. The van der Waals surface area contributed by atoms with E-state index in [0.717, 1.165) is 29.9 Å². The largest absolute Gasteiger partial charge is 0.375 e. The van der Waals surface area contributed by atoms with Crippen molar-refractivity contribution in [2.24, 2.45) is 28.6 Å². The average molecular weight is 420 g/mol. The quantitative estimate of drug-likeness (QED) is 0.306. The van der Waals surface area contributed by atoms with Gasteiger partial charge in [-0.3, -0.25) is 10.2 Å². The van der Waals surface area contributed by atoms with Crippen molar-refractivity contribution in [3.8, 4) is 0 Å². The van der Waals surface area contributed by atoms with Crippen molar-refractivity contribution in [3.63, 3.8) is 0 Å². The fourth-order valence-corrected chi connectivity index (χ4v) is 3.36. The Morgan fingerprint density at radius 1 is 1.14 bits per heavy atom. The number of benzene rings is 1. The Hall–Kier alpha value is -1.99. The van der Waals surface area contributed by atoms with Gasteiger partial charge in [-0.2, -0.15) is 5.10 Å². The molecule has 0 saturated heterocycles. The van der Waals surface area contributed by atoms with E-state index in [2.05, 4.69) is 54.5 Å². The molecule has 4 N–H and O–H groups in total. The van der Waals surface area contributed by atoms with E-state index in [1.54, 1.807) is 0 Å². The Morgan fingerprint density at radius 3 is 2.21 bits per heavy atom. The minimum atomic E-state index is -0.421. The highest BCUT2D eigenvalue weighted by Gasteiger charge is 2.26. The average Bonchev–Trinajstić information content (AvgIpc) is 2.58. The maximum absolute atomic E-state index is 13.2. The smallest absolute Gasteiger partial charge is 0.234 e. The van der Waals surface area contributed by atoms with Gasteiger partial charge >= 0.3 is 0 Å². The van der Waals surface area contributed by atoms with Gasteiger partial charge in [0, 0.05) is 31.0 Å². The summed E-state index contributed by atoms with van der Waals surface area (Å²) in [5.41, 5.74) is 11.8. The number of carbonyl (C=O) groups is 1. The van der Waals surface area contributed by atoms with Crippen LogP contribution in [-0.2, 0) is 4.79 Å². The highest BCUT2D eigenvalue weighted by atomic mass is 32.1. The predicted molar refractivity (Wildman–Crippen MR) is 127 cm³/mol. The number of hydrogen-bond acceptors (Lipinski definition) is 4. The normalized spacial score (nSPS) is 13.1. The number of aryl methyl sites for hydroxylation is 2. The van der Waals surface area contributed by atoms with Crippen molar-refractivity contribution in [2.45, 2.75) is 48.5 Å². The fourth-order valence-electron chi connectivity index (χ4n) is 3.31. The van der Waals surface area contributed by atoms with Crippen LogP contribution in [0.2, 0.25) is 0 Å². The zero-order chi connectivity index (χ0) is 22.1. The molecule has 1 rings (SSSR count). The predicted octanol–water partition coefficient (Wildman–Crippen LogP) is 3.68. The summed E-state index contributed by atoms with van der Waals surface area (Å²) in [4.78, 5) is 15.6. The van der Waals surface area contributed by atoms with Crippen molar-refractivity contribution >= 4 is 34.6 Å². The maximum atomic E-state index is 13.2. The second kappa shape index (κ2) is 11.9. The molecular weight excluding hydrogens is 382 g/mol. The van der Waals surface area contributed by atoms with Crippen LogP contribution in [0.1, 0.15) is 45.7 Å². The number of carbonyl (C=O) groups excluding carboxylic acids is 1. The van der Waals surface area contributed by atoms with Crippen LogP contribution in [0.4, 0.5) is 5.69 Å². The third-order valence-corrected chi connectivity index (χ3v) is 4.58. The van der Waals surface area contributed by atoms with E-state index in [4.69, 9.17) is 18.0 Å². The van der Waals surface area contributed by atoms with Crippen molar-refractivity contribution < 1.29 is 4.79 Å². The number of thiocarbonyl (C=S) groups is 1. The molecule has 1 aromatic carbocycles. The molecule has 29 heavy (non-hydrogen) atoms. The molecule has 1 aromatic rings. The van der Waals surface area contributed by atoms with Gasteiger partial charge in [0.25, 0.3) is 0 Å². The Bertz CT molecular complexity index is 720. The lowest BCUT2D eigenvalue weighted by Gasteiger charge is -2.30. The molecule has 0 saturated carbocycles. The van der Waals surface area contributed by atoms with Crippen LogP contribution in [0.5, 0.6) is 0 Å². The molecule has 0 aliphatic carbocycles. The lowest BCUT2D eigenvalue weighted by molar-refractivity contribution is -0.118. The Labute approximate surface area is 181 Å². The van der Waals surface area contributed by atoms with Gasteiger partial charge in [-0.25, -0.2) is 0 Å². The molecule has 0 bridgehead atoms. The van der Waals surface area contributed by atoms with Crippen LogP contribution < -0.4 is 16.5 Å². The summed E-state index contributed by atoms with van der Waals surface area (Å²) in [6.45, 7) is 17.0. The lowest BCUT2D eigenvalue weighted by atomic mass is 10.00. The summed E-state index contributed by atoms with van der Waals surface area (Å²) in [6.07, 6.45) is 0. The van der Waals surface area contributed by atoms with E-state index in [9.17, 15) is 4.79 Å². The molecule has 0 heterocycles. The number of nitrogens with zero attached hydrogens (tertiary/aromatic N) is 2. The third kappa shape index (κ3) is 9.37. The van der Waals surface area contributed by atoms with Gasteiger partial charge in [-0.1, -0.05) is 45.4 Å². The molecule has 6 nitrogen and oxygen atoms in total. The Morgan fingerprint density at radius 2 is 1.72 bits per heavy atom. The first-order valence-corrected chi connectivity index (χ1v) is 10.6. The minimum absolute atomic E-state index is 0.0825. The Kier molecular flexibility index (Phi) is 10.3. The van der Waals surface area contributed by atoms with E-state index >= 15 is 0 Å². The van der Waals surface area contributed by atoms with E-state index in [1.807, 2.05) is 32.9 Å². The lowest BCUT2D eigenvalue weighted by Crippen LogP contribution is -2.43. The summed E-state index contributed by atoms with van der Waals surface area (Å²) in [6, 6.07) is 6.00. The topological polar surface area (TPSA) is 82.8 Å². The van der Waals surface area contributed by atoms with Gasteiger partial charge in [0.15, 0.2) is 5.11 Å². The minimum Gasteiger partial charge on any atom is -0.375 e. The molecule has 1 atom stereocenters. The van der Waals surface area contributed by atoms with Crippen LogP contribution >= 0.6 is 12.2 Å². The first-order valence-electron chi connectivity index (χ1n) is 10.2. The summed E-state index contributed by atoms with van der Waals surface area (Å²) < 4.78 is 0. The van der Waals surface area contributed by atoms with Gasteiger partial charge in [-0.15, -0.1) is 0 Å². The molecule has 7 heteroatoms. The van der Waals surface area contributed by atoms with Crippen LogP contribution in [0, 0.1) is 31.6 Å². The van der Waals surface area contributed by atoms with Gasteiger partial charge in [0.1, 0.15) is 0 Å². The Balaban J connectivity index is 3.11. The van der Waals surface area contributed by atoms with Crippen molar-refractivity contribution in [2.75, 3.05) is 25.0 Å².